The van der Waals surface area contributed by atoms with Gasteiger partial charge in [0.25, 0.3) is 10.1 Å². The summed E-state index contributed by atoms with van der Waals surface area (Å²) in [6.07, 6.45) is 2.71. The van der Waals surface area contributed by atoms with E-state index in [1.165, 1.54) is 0 Å². The van der Waals surface area contributed by atoms with Gasteiger partial charge in [-0.05, 0) is 38.3 Å². The van der Waals surface area contributed by atoms with Crippen LogP contribution in [0.15, 0.2) is 0 Å². The Bertz CT molecular complexity index is 403. The van der Waals surface area contributed by atoms with Crippen molar-refractivity contribution in [2.75, 3.05) is 19.6 Å². The van der Waals surface area contributed by atoms with Crippen molar-refractivity contribution in [3.8, 4) is 0 Å². The summed E-state index contributed by atoms with van der Waals surface area (Å²) in [7, 11) is -4.03. The molecular formula is C11H20N2O4S. The zero-order valence-corrected chi connectivity index (χ0v) is 11.1. The largest absolute Gasteiger partial charge is 0.317 e. The SMILES string of the molecule is O=C(CC1CCNCC1)[C@@H]1C[C@H](S(=O)(=O)O)CN1. The Labute approximate surface area is 107 Å². The summed E-state index contributed by atoms with van der Waals surface area (Å²) < 4.78 is 30.9. The Hall–Kier alpha value is -0.500. The lowest BCUT2D eigenvalue weighted by Gasteiger charge is -2.23. The fraction of sp³-hybridized carbons (Fsp3) is 0.909. The van der Waals surface area contributed by atoms with Crippen LogP contribution < -0.4 is 10.6 Å². The molecule has 0 aromatic carbocycles. The van der Waals surface area contributed by atoms with Crippen LogP contribution in [-0.2, 0) is 14.9 Å². The molecule has 0 bridgehead atoms. The minimum Gasteiger partial charge on any atom is -0.317 e. The van der Waals surface area contributed by atoms with Gasteiger partial charge in [-0.1, -0.05) is 0 Å². The molecule has 7 heteroatoms. The molecule has 2 saturated heterocycles. The summed E-state index contributed by atoms with van der Waals surface area (Å²) in [5.74, 6) is 0.485. The van der Waals surface area contributed by atoms with E-state index < -0.39 is 21.4 Å². The van der Waals surface area contributed by atoms with E-state index in [-0.39, 0.29) is 18.7 Å². The Morgan fingerprint density at radius 2 is 1.94 bits per heavy atom. The molecule has 2 aliphatic heterocycles. The Balaban J connectivity index is 1.83. The number of hydrogen-bond acceptors (Lipinski definition) is 5. The van der Waals surface area contributed by atoms with Gasteiger partial charge in [-0.25, -0.2) is 0 Å². The lowest BCUT2D eigenvalue weighted by atomic mass is 9.90. The third kappa shape index (κ3) is 3.50. The highest BCUT2D eigenvalue weighted by atomic mass is 32.2. The van der Waals surface area contributed by atoms with Crippen LogP contribution in [-0.4, -0.2) is 49.7 Å². The Morgan fingerprint density at radius 3 is 2.50 bits per heavy atom. The molecule has 0 amide bonds. The molecule has 6 nitrogen and oxygen atoms in total. The van der Waals surface area contributed by atoms with Crippen molar-refractivity contribution in [2.24, 2.45) is 5.92 Å². The molecule has 2 heterocycles. The van der Waals surface area contributed by atoms with E-state index in [4.69, 9.17) is 4.55 Å². The normalized spacial score (nSPS) is 30.5. The first kappa shape index (κ1) is 13.9. The number of carbonyl (C=O) groups is 1. The van der Waals surface area contributed by atoms with E-state index >= 15 is 0 Å². The number of Topliss-reactive ketones (excluding diaryl/α,β-unsaturated/α-hetero) is 1. The summed E-state index contributed by atoms with van der Waals surface area (Å²) in [6, 6.07) is -0.410. The van der Waals surface area contributed by atoms with Crippen molar-refractivity contribution in [1.29, 1.82) is 0 Å². The molecule has 0 radical (unpaired) electrons. The first-order chi connectivity index (χ1) is 8.47. The first-order valence-corrected chi connectivity index (χ1v) is 7.90. The first-order valence-electron chi connectivity index (χ1n) is 6.40. The van der Waals surface area contributed by atoms with E-state index in [2.05, 4.69) is 10.6 Å². The monoisotopic (exact) mass is 276 g/mol. The van der Waals surface area contributed by atoms with Crippen LogP contribution in [0.5, 0.6) is 0 Å². The lowest BCUT2D eigenvalue weighted by molar-refractivity contribution is -0.121. The van der Waals surface area contributed by atoms with E-state index in [9.17, 15) is 13.2 Å². The van der Waals surface area contributed by atoms with Crippen LogP contribution >= 0.6 is 0 Å². The van der Waals surface area contributed by atoms with Crippen molar-refractivity contribution in [2.45, 2.75) is 37.0 Å². The van der Waals surface area contributed by atoms with Crippen LogP contribution in [0.4, 0.5) is 0 Å². The number of ketones is 1. The molecule has 0 aromatic rings. The highest BCUT2D eigenvalue weighted by Crippen LogP contribution is 2.21. The molecule has 2 atom stereocenters. The number of nitrogens with one attached hydrogen (secondary N) is 2. The van der Waals surface area contributed by atoms with Gasteiger partial charge in [0.2, 0.25) is 0 Å². The second-order valence-corrected chi connectivity index (χ2v) is 6.89. The molecule has 0 aromatic heterocycles. The minimum absolute atomic E-state index is 0.0769. The van der Waals surface area contributed by atoms with Gasteiger partial charge in [-0.3, -0.25) is 9.35 Å². The van der Waals surface area contributed by atoms with Gasteiger partial charge in [0.1, 0.15) is 11.0 Å². The Morgan fingerprint density at radius 1 is 1.28 bits per heavy atom. The average Bonchev–Trinajstić information content (AvgIpc) is 2.79. The second kappa shape index (κ2) is 5.64. The molecule has 0 spiro atoms. The van der Waals surface area contributed by atoms with E-state index in [0.29, 0.717) is 12.3 Å². The van der Waals surface area contributed by atoms with Crippen LogP contribution in [0, 0.1) is 5.92 Å². The third-order valence-corrected chi connectivity index (χ3v) is 5.05. The van der Waals surface area contributed by atoms with Gasteiger partial charge in [-0.2, -0.15) is 8.42 Å². The van der Waals surface area contributed by atoms with Gasteiger partial charge in [0, 0.05) is 13.0 Å². The van der Waals surface area contributed by atoms with Crippen molar-refractivity contribution in [3.63, 3.8) is 0 Å². The quantitative estimate of drug-likeness (QED) is 0.603. The molecule has 0 saturated carbocycles. The van der Waals surface area contributed by atoms with Crippen LogP contribution in [0.1, 0.15) is 25.7 Å². The fourth-order valence-corrected chi connectivity index (χ4v) is 3.43. The number of carbonyl (C=O) groups excluding carboxylic acids is 1. The molecule has 0 unspecified atom stereocenters. The molecule has 3 N–H and O–H groups in total. The highest BCUT2D eigenvalue weighted by Gasteiger charge is 2.36. The second-order valence-electron chi connectivity index (χ2n) is 5.20. The van der Waals surface area contributed by atoms with E-state index in [1.807, 2.05) is 0 Å². The molecule has 2 fully saturated rings. The molecule has 2 aliphatic rings. The van der Waals surface area contributed by atoms with Crippen LogP contribution in [0.2, 0.25) is 0 Å². The fourth-order valence-electron chi connectivity index (χ4n) is 2.69. The van der Waals surface area contributed by atoms with Crippen molar-refractivity contribution >= 4 is 15.9 Å². The number of hydrogen-bond donors (Lipinski definition) is 3. The van der Waals surface area contributed by atoms with Crippen molar-refractivity contribution in [1.82, 2.24) is 10.6 Å². The van der Waals surface area contributed by atoms with Crippen molar-refractivity contribution < 1.29 is 17.8 Å². The molecule has 18 heavy (non-hydrogen) atoms. The summed E-state index contributed by atoms with van der Waals surface area (Å²) >= 11 is 0. The number of rotatable bonds is 4. The maximum atomic E-state index is 12.0. The van der Waals surface area contributed by atoms with E-state index in [1.54, 1.807) is 0 Å². The summed E-state index contributed by atoms with van der Waals surface area (Å²) in [6.45, 7) is 2.06. The van der Waals surface area contributed by atoms with Gasteiger partial charge in [0.05, 0.1) is 6.04 Å². The van der Waals surface area contributed by atoms with Gasteiger partial charge >= 0.3 is 0 Å². The highest BCUT2D eigenvalue weighted by molar-refractivity contribution is 7.86. The van der Waals surface area contributed by atoms with E-state index in [0.717, 1.165) is 25.9 Å². The molecule has 104 valence electrons. The topological polar surface area (TPSA) is 95.5 Å². The summed E-state index contributed by atoms with van der Waals surface area (Å²) in [5.41, 5.74) is 0. The average molecular weight is 276 g/mol. The predicted octanol–water partition coefficient (Wildman–Crippen LogP) is -0.436. The van der Waals surface area contributed by atoms with Crippen molar-refractivity contribution in [3.05, 3.63) is 0 Å². The van der Waals surface area contributed by atoms with Gasteiger partial charge < -0.3 is 10.6 Å². The molecular weight excluding hydrogens is 256 g/mol. The smallest absolute Gasteiger partial charge is 0.269 e. The zero-order chi connectivity index (χ0) is 13.2. The van der Waals surface area contributed by atoms with Gasteiger partial charge in [-0.15, -0.1) is 0 Å². The summed E-state index contributed by atoms with van der Waals surface area (Å²) in [5, 5.41) is 5.31. The minimum atomic E-state index is -4.03. The van der Waals surface area contributed by atoms with Crippen LogP contribution in [0.3, 0.4) is 0 Å². The third-order valence-electron chi connectivity index (χ3n) is 3.85. The standard InChI is InChI=1S/C11H20N2O4S/c14-11(5-8-1-3-12-4-2-8)10-6-9(7-13-10)18(15,16)17/h8-10,12-13H,1-7H2,(H,15,16,17)/t9-,10-/m0/s1. The van der Waals surface area contributed by atoms with Gasteiger partial charge in [0.15, 0.2) is 0 Å². The maximum absolute atomic E-state index is 12.0. The molecule has 0 aliphatic carbocycles. The molecule has 2 rings (SSSR count). The lowest BCUT2D eigenvalue weighted by Crippen LogP contribution is -2.35. The zero-order valence-electron chi connectivity index (χ0n) is 10.3. The predicted molar refractivity (Wildman–Crippen MR) is 67.0 cm³/mol. The number of piperidine rings is 1. The summed E-state index contributed by atoms with van der Waals surface area (Å²) in [4.78, 5) is 12.0. The maximum Gasteiger partial charge on any atom is 0.269 e. The van der Waals surface area contributed by atoms with Crippen LogP contribution in [0.25, 0.3) is 0 Å². The Kier molecular flexibility index (Phi) is 4.37.